The Morgan fingerprint density at radius 1 is 1.07 bits per heavy atom. The number of ether oxygens (including phenoxy) is 1. The quantitative estimate of drug-likeness (QED) is 0.310. The standard InChI is InChI=1S/C33H41ClN4O6/c1-20(2)28-21(3)17-38(29(28)31(41)36-26(18-39)16-24-13-14-35-30(24)40)32(42)27(15-22-9-11-25(34)12-10-22)37-33(43)44-19-23-7-5-4-6-8-23/h4-12,18,20-21,24,26-29H,13-17,19H2,1-3H3,(H,35,40)(H,36,41)(H,37,43)/t21-,24-,26-,27-,28-,29-/m0/s1. The average Bonchev–Trinajstić information content (AvgIpc) is 3.58. The lowest BCUT2D eigenvalue weighted by molar-refractivity contribution is -0.141. The van der Waals surface area contributed by atoms with Crippen LogP contribution in [0.15, 0.2) is 54.6 Å². The molecule has 236 valence electrons. The van der Waals surface area contributed by atoms with Gasteiger partial charge in [0.25, 0.3) is 0 Å². The molecule has 2 fully saturated rings. The molecule has 0 aromatic heterocycles. The van der Waals surface area contributed by atoms with Gasteiger partial charge in [-0.3, -0.25) is 14.4 Å². The Morgan fingerprint density at radius 2 is 1.77 bits per heavy atom. The third kappa shape index (κ3) is 8.37. The Bertz CT molecular complexity index is 1320. The van der Waals surface area contributed by atoms with Crippen molar-refractivity contribution in [2.45, 2.75) is 64.8 Å². The van der Waals surface area contributed by atoms with Crippen LogP contribution in [0.4, 0.5) is 4.79 Å². The van der Waals surface area contributed by atoms with Crippen molar-refractivity contribution < 1.29 is 28.7 Å². The molecule has 2 aromatic rings. The second-order valence-corrected chi connectivity index (χ2v) is 12.5. The topological polar surface area (TPSA) is 134 Å². The van der Waals surface area contributed by atoms with Crippen molar-refractivity contribution in [1.82, 2.24) is 20.9 Å². The van der Waals surface area contributed by atoms with Crippen molar-refractivity contribution in [2.24, 2.45) is 23.7 Å². The first kappa shape index (κ1) is 33.0. The van der Waals surface area contributed by atoms with Crippen molar-refractivity contribution in [3.05, 3.63) is 70.7 Å². The van der Waals surface area contributed by atoms with E-state index in [9.17, 15) is 24.0 Å². The minimum Gasteiger partial charge on any atom is -0.445 e. The summed E-state index contributed by atoms with van der Waals surface area (Å²) in [6.45, 7) is 6.86. The van der Waals surface area contributed by atoms with E-state index in [4.69, 9.17) is 16.3 Å². The Hall–Kier alpha value is -3.92. The van der Waals surface area contributed by atoms with Crippen molar-refractivity contribution in [2.75, 3.05) is 13.1 Å². The Morgan fingerprint density at radius 3 is 2.39 bits per heavy atom. The first-order valence-electron chi connectivity index (χ1n) is 15.1. The highest BCUT2D eigenvalue weighted by Crippen LogP contribution is 2.36. The number of alkyl carbamates (subject to hydrolysis) is 1. The molecule has 3 N–H and O–H groups in total. The van der Waals surface area contributed by atoms with Crippen LogP contribution in [0, 0.1) is 23.7 Å². The number of rotatable bonds is 12. The maximum atomic E-state index is 14.3. The molecule has 2 aliphatic rings. The Balaban J connectivity index is 1.55. The van der Waals surface area contributed by atoms with Gasteiger partial charge >= 0.3 is 6.09 Å². The summed E-state index contributed by atoms with van der Waals surface area (Å²) in [5.74, 6) is -1.53. The van der Waals surface area contributed by atoms with Gasteiger partial charge in [-0.15, -0.1) is 0 Å². The first-order valence-corrected chi connectivity index (χ1v) is 15.5. The molecule has 4 rings (SSSR count). The lowest BCUT2D eigenvalue weighted by Crippen LogP contribution is -2.57. The lowest BCUT2D eigenvalue weighted by atomic mass is 9.82. The van der Waals surface area contributed by atoms with E-state index in [0.717, 1.165) is 11.1 Å². The molecule has 0 spiro atoms. The van der Waals surface area contributed by atoms with Crippen LogP contribution < -0.4 is 16.0 Å². The molecule has 0 unspecified atom stereocenters. The number of nitrogens with zero attached hydrogens (tertiary/aromatic N) is 1. The zero-order valence-electron chi connectivity index (χ0n) is 25.3. The van der Waals surface area contributed by atoms with Crippen LogP contribution in [0.25, 0.3) is 0 Å². The highest BCUT2D eigenvalue weighted by Gasteiger charge is 2.49. The molecule has 11 heteroatoms. The number of benzene rings is 2. The normalized spacial score (nSPS) is 22.7. The lowest BCUT2D eigenvalue weighted by Gasteiger charge is -2.33. The van der Waals surface area contributed by atoms with E-state index < -0.39 is 36.0 Å². The molecule has 2 aromatic carbocycles. The fraction of sp³-hybridized carbons (Fsp3) is 0.485. The largest absolute Gasteiger partial charge is 0.445 e. The maximum Gasteiger partial charge on any atom is 0.408 e. The van der Waals surface area contributed by atoms with E-state index in [1.54, 1.807) is 24.3 Å². The van der Waals surface area contributed by atoms with E-state index in [2.05, 4.69) is 16.0 Å². The fourth-order valence-electron chi connectivity index (χ4n) is 6.39. The van der Waals surface area contributed by atoms with Gasteiger partial charge in [0.05, 0.1) is 6.04 Å². The van der Waals surface area contributed by atoms with Gasteiger partial charge in [-0.2, -0.15) is 0 Å². The van der Waals surface area contributed by atoms with Gasteiger partial charge in [0.2, 0.25) is 17.7 Å². The van der Waals surface area contributed by atoms with Crippen LogP contribution in [0.1, 0.15) is 44.7 Å². The van der Waals surface area contributed by atoms with E-state index in [1.807, 2.05) is 51.1 Å². The van der Waals surface area contributed by atoms with Crippen LogP contribution >= 0.6 is 11.6 Å². The third-order valence-corrected chi connectivity index (χ3v) is 8.76. The van der Waals surface area contributed by atoms with Crippen LogP contribution in [0.3, 0.4) is 0 Å². The number of carbonyl (C=O) groups is 5. The van der Waals surface area contributed by atoms with E-state index in [0.29, 0.717) is 30.8 Å². The van der Waals surface area contributed by atoms with Gasteiger partial charge in [-0.05, 0) is 53.9 Å². The van der Waals surface area contributed by atoms with Crippen LogP contribution in [0.5, 0.6) is 0 Å². The second-order valence-electron chi connectivity index (χ2n) is 12.1. The smallest absolute Gasteiger partial charge is 0.408 e. The van der Waals surface area contributed by atoms with E-state index in [1.165, 1.54) is 4.90 Å². The summed E-state index contributed by atoms with van der Waals surface area (Å²) in [6, 6.07) is 13.4. The molecule has 4 amide bonds. The number of hydrogen-bond donors (Lipinski definition) is 3. The average molecular weight is 625 g/mol. The number of carbonyl (C=O) groups excluding carboxylic acids is 5. The predicted molar refractivity (Wildman–Crippen MR) is 165 cm³/mol. The summed E-state index contributed by atoms with van der Waals surface area (Å²) >= 11 is 6.07. The van der Waals surface area contributed by atoms with Gasteiger partial charge in [0.15, 0.2) is 0 Å². The number of aldehydes is 1. The summed E-state index contributed by atoms with van der Waals surface area (Å²) in [5.41, 5.74) is 1.56. The number of likely N-dealkylation sites (tertiary alicyclic amines) is 1. The number of hydrogen-bond acceptors (Lipinski definition) is 6. The van der Waals surface area contributed by atoms with Crippen molar-refractivity contribution >= 4 is 41.7 Å². The molecule has 2 aliphatic heterocycles. The van der Waals surface area contributed by atoms with Crippen LogP contribution in [0.2, 0.25) is 5.02 Å². The molecule has 2 saturated heterocycles. The molecule has 10 nitrogen and oxygen atoms in total. The molecule has 0 radical (unpaired) electrons. The number of nitrogens with one attached hydrogen (secondary N) is 3. The van der Waals surface area contributed by atoms with E-state index >= 15 is 0 Å². The minimum absolute atomic E-state index is 0.0220. The predicted octanol–water partition coefficient (Wildman–Crippen LogP) is 3.51. The van der Waals surface area contributed by atoms with Gasteiger partial charge in [0, 0.05) is 30.5 Å². The summed E-state index contributed by atoms with van der Waals surface area (Å²) in [6.07, 6.45) is 0.821. The highest BCUT2D eigenvalue weighted by molar-refractivity contribution is 6.30. The third-order valence-electron chi connectivity index (χ3n) is 8.51. The Labute approximate surface area is 263 Å². The molecule has 6 atom stereocenters. The van der Waals surface area contributed by atoms with Crippen molar-refractivity contribution in [3.63, 3.8) is 0 Å². The van der Waals surface area contributed by atoms with Crippen LogP contribution in [-0.2, 0) is 36.9 Å². The van der Waals surface area contributed by atoms with Gasteiger partial charge in [-0.25, -0.2) is 4.79 Å². The molecule has 44 heavy (non-hydrogen) atoms. The zero-order valence-corrected chi connectivity index (χ0v) is 26.1. The number of halogens is 1. The molecule has 0 saturated carbocycles. The Kier molecular flexibility index (Phi) is 11.4. The maximum absolute atomic E-state index is 14.3. The van der Waals surface area contributed by atoms with Crippen molar-refractivity contribution in [3.8, 4) is 0 Å². The summed E-state index contributed by atoms with van der Waals surface area (Å²) in [7, 11) is 0. The molecule has 2 heterocycles. The van der Waals surface area contributed by atoms with Gasteiger partial charge < -0.3 is 30.4 Å². The van der Waals surface area contributed by atoms with Gasteiger partial charge in [-0.1, -0.05) is 74.8 Å². The fourth-order valence-corrected chi connectivity index (χ4v) is 6.51. The van der Waals surface area contributed by atoms with Gasteiger partial charge in [0.1, 0.15) is 25.0 Å². The highest BCUT2D eigenvalue weighted by atomic mass is 35.5. The van der Waals surface area contributed by atoms with Crippen molar-refractivity contribution in [1.29, 1.82) is 0 Å². The molecular weight excluding hydrogens is 584 g/mol. The summed E-state index contributed by atoms with van der Waals surface area (Å²) < 4.78 is 5.43. The molecular formula is C33H41ClN4O6. The SMILES string of the molecule is CC(C)[C@@H]1[C@@H](C(=O)N[C@H](C=O)C[C@@H]2CCNC2=O)N(C(=O)[C@H](Cc2ccc(Cl)cc2)NC(=O)OCc2ccccc2)C[C@@H]1C. The monoisotopic (exact) mass is 624 g/mol. The first-order chi connectivity index (χ1) is 21.1. The molecule has 0 bridgehead atoms. The number of amides is 4. The summed E-state index contributed by atoms with van der Waals surface area (Å²) in [4.78, 5) is 66.7. The summed E-state index contributed by atoms with van der Waals surface area (Å²) in [5, 5.41) is 8.84. The minimum atomic E-state index is -1.03. The van der Waals surface area contributed by atoms with Crippen LogP contribution in [-0.4, -0.2) is 66.2 Å². The van der Waals surface area contributed by atoms with E-state index in [-0.39, 0.29) is 49.0 Å². The molecule has 0 aliphatic carbocycles. The zero-order chi connectivity index (χ0) is 31.8. The second kappa shape index (κ2) is 15.2.